The molecule has 0 spiro atoms. The summed E-state index contributed by atoms with van der Waals surface area (Å²) < 4.78 is 42.5. The smallest absolute Gasteiger partial charge is 0.264 e. The third-order valence-corrected chi connectivity index (χ3v) is 8.86. The first-order chi connectivity index (χ1) is 19.3. The van der Waals surface area contributed by atoms with E-state index in [1.807, 2.05) is 20.8 Å². The van der Waals surface area contributed by atoms with Gasteiger partial charge >= 0.3 is 0 Å². The molecule has 0 saturated heterocycles. The van der Waals surface area contributed by atoms with Crippen molar-refractivity contribution in [2.24, 2.45) is 5.92 Å². The molecule has 0 aliphatic carbocycles. The minimum atomic E-state index is -4.20. The van der Waals surface area contributed by atoms with Gasteiger partial charge in [-0.2, -0.15) is 0 Å². The van der Waals surface area contributed by atoms with Crippen LogP contribution in [0.2, 0.25) is 5.02 Å². The minimum Gasteiger partial charge on any atom is -0.354 e. The maximum atomic E-state index is 14.1. The molecule has 41 heavy (non-hydrogen) atoms. The normalized spacial score (nSPS) is 12.2. The predicted octanol–water partition coefficient (Wildman–Crippen LogP) is 5.87. The molecule has 0 saturated carbocycles. The van der Waals surface area contributed by atoms with Gasteiger partial charge in [-0.3, -0.25) is 13.9 Å². The van der Waals surface area contributed by atoms with Crippen molar-refractivity contribution in [3.8, 4) is 0 Å². The zero-order valence-corrected chi connectivity index (χ0v) is 25.6. The largest absolute Gasteiger partial charge is 0.354 e. The molecule has 3 rings (SSSR count). The van der Waals surface area contributed by atoms with Crippen molar-refractivity contribution in [1.29, 1.82) is 0 Å². The number of aryl methyl sites for hydroxylation is 2. The van der Waals surface area contributed by atoms with E-state index in [0.717, 1.165) is 15.4 Å². The van der Waals surface area contributed by atoms with Crippen molar-refractivity contribution in [3.05, 3.63) is 94.3 Å². The molecule has 2 amide bonds. The lowest BCUT2D eigenvalue weighted by Crippen LogP contribution is -2.52. The van der Waals surface area contributed by atoms with E-state index in [4.69, 9.17) is 11.6 Å². The Labute approximate surface area is 247 Å². The second-order valence-electron chi connectivity index (χ2n) is 10.5. The third-order valence-electron chi connectivity index (χ3n) is 6.67. The number of hydrogen-bond acceptors (Lipinski definition) is 4. The molecule has 0 radical (unpaired) electrons. The highest BCUT2D eigenvalue weighted by Crippen LogP contribution is 2.29. The van der Waals surface area contributed by atoms with Gasteiger partial charge in [-0.15, -0.1) is 0 Å². The molecule has 0 fully saturated rings. The zero-order chi connectivity index (χ0) is 30.3. The summed E-state index contributed by atoms with van der Waals surface area (Å²) in [4.78, 5) is 28.7. The second-order valence-corrected chi connectivity index (χ2v) is 12.7. The lowest BCUT2D eigenvalue weighted by Gasteiger charge is -2.33. The van der Waals surface area contributed by atoms with Gasteiger partial charge in [0.1, 0.15) is 18.4 Å². The third kappa shape index (κ3) is 8.30. The molecule has 0 heterocycles. The van der Waals surface area contributed by atoms with Gasteiger partial charge in [0.05, 0.1) is 10.6 Å². The van der Waals surface area contributed by atoms with E-state index in [1.165, 1.54) is 47.4 Å². The van der Waals surface area contributed by atoms with Crippen LogP contribution in [0.5, 0.6) is 0 Å². The molecule has 1 N–H and O–H groups in total. The maximum Gasteiger partial charge on any atom is 0.264 e. The van der Waals surface area contributed by atoms with Crippen molar-refractivity contribution in [1.82, 2.24) is 10.2 Å². The first-order valence-corrected chi connectivity index (χ1v) is 15.3. The number of rotatable bonds is 12. The van der Waals surface area contributed by atoms with Crippen molar-refractivity contribution in [2.75, 3.05) is 17.4 Å². The maximum absolute atomic E-state index is 14.1. The summed E-state index contributed by atoms with van der Waals surface area (Å²) in [6.07, 6.45) is 0.290. The van der Waals surface area contributed by atoms with Crippen LogP contribution in [0, 0.1) is 25.6 Å². The first kappa shape index (κ1) is 32.1. The Morgan fingerprint density at radius 3 is 2.17 bits per heavy atom. The van der Waals surface area contributed by atoms with Crippen molar-refractivity contribution >= 4 is 39.1 Å². The van der Waals surface area contributed by atoms with E-state index in [9.17, 15) is 22.4 Å². The van der Waals surface area contributed by atoms with Gasteiger partial charge in [0.2, 0.25) is 11.8 Å². The van der Waals surface area contributed by atoms with Gasteiger partial charge in [-0.25, -0.2) is 12.8 Å². The molecular weight excluding hydrogens is 565 g/mol. The van der Waals surface area contributed by atoms with Crippen LogP contribution >= 0.6 is 11.6 Å². The Bertz CT molecular complexity index is 1460. The average Bonchev–Trinajstić information content (AvgIpc) is 2.93. The molecule has 1 atom stereocenters. The van der Waals surface area contributed by atoms with Crippen LogP contribution in [0.3, 0.4) is 0 Å². The van der Waals surface area contributed by atoms with Crippen LogP contribution in [0.1, 0.15) is 43.9 Å². The average molecular weight is 602 g/mol. The monoisotopic (exact) mass is 601 g/mol. The molecule has 0 unspecified atom stereocenters. The standard InChI is InChI=1S/C31H37ClFN3O4S/c1-6-29(31(38)34-18-21(2)3)35(19-24-10-12-25(33)13-11-24)30(37)20-36(26-14-9-23(5)28(32)17-26)41(39,40)27-15-7-22(4)8-16-27/h7-17,21,29H,6,18-20H2,1-5H3,(H,34,38)/t29-/m0/s1. The van der Waals surface area contributed by atoms with Gasteiger partial charge in [0.15, 0.2) is 0 Å². The van der Waals surface area contributed by atoms with Gasteiger partial charge < -0.3 is 10.2 Å². The van der Waals surface area contributed by atoms with Crippen molar-refractivity contribution in [3.63, 3.8) is 0 Å². The van der Waals surface area contributed by atoms with Crippen molar-refractivity contribution < 1.29 is 22.4 Å². The fourth-order valence-electron chi connectivity index (χ4n) is 4.23. The second kappa shape index (κ2) is 14.0. The molecule has 220 valence electrons. The van der Waals surface area contributed by atoms with E-state index in [2.05, 4.69) is 5.32 Å². The summed E-state index contributed by atoms with van der Waals surface area (Å²) in [5.41, 5.74) is 2.45. The summed E-state index contributed by atoms with van der Waals surface area (Å²) in [6, 6.07) is 15.9. The fraction of sp³-hybridized carbons (Fsp3) is 0.355. The Morgan fingerprint density at radius 2 is 1.61 bits per heavy atom. The van der Waals surface area contributed by atoms with E-state index in [-0.39, 0.29) is 35.4 Å². The Kier molecular flexibility index (Phi) is 10.9. The summed E-state index contributed by atoms with van der Waals surface area (Å²) in [7, 11) is -4.20. The molecule has 10 heteroatoms. The summed E-state index contributed by atoms with van der Waals surface area (Å²) in [6.45, 7) is 9.17. The van der Waals surface area contributed by atoms with Crippen LogP contribution in [-0.2, 0) is 26.2 Å². The van der Waals surface area contributed by atoms with E-state index < -0.39 is 34.3 Å². The Balaban J connectivity index is 2.06. The van der Waals surface area contributed by atoms with E-state index in [0.29, 0.717) is 17.1 Å². The number of amides is 2. The van der Waals surface area contributed by atoms with Gasteiger partial charge in [-0.1, -0.05) is 68.3 Å². The minimum absolute atomic E-state index is 0.0133. The number of carbonyl (C=O) groups is 2. The topological polar surface area (TPSA) is 86.8 Å². The number of nitrogens with zero attached hydrogens (tertiary/aromatic N) is 2. The van der Waals surface area contributed by atoms with Gasteiger partial charge in [0, 0.05) is 18.1 Å². The van der Waals surface area contributed by atoms with Crippen LogP contribution in [-0.4, -0.2) is 44.3 Å². The highest BCUT2D eigenvalue weighted by Gasteiger charge is 2.34. The summed E-state index contributed by atoms with van der Waals surface area (Å²) >= 11 is 6.37. The molecule has 3 aromatic carbocycles. The molecular formula is C31H37ClFN3O4S. The summed E-state index contributed by atoms with van der Waals surface area (Å²) in [5.74, 6) is -1.17. The van der Waals surface area contributed by atoms with Gasteiger partial charge in [0.25, 0.3) is 10.0 Å². The highest BCUT2D eigenvalue weighted by molar-refractivity contribution is 7.92. The number of anilines is 1. The quantitative estimate of drug-likeness (QED) is 0.281. The number of carbonyl (C=O) groups excluding carboxylic acids is 2. The number of halogens is 2. The predicted molar refractivity (Wildman–Crippen MR) is 161 cm³/mol. The molecule has 0 aliphatic rings. The van der Waals surface area contributed by atoms with E-state index >= 15 is 0 Å². The molecule has 7 nitrogen and oxygen atoms in total. The zero-order valence-electron chi connectivity index (χ0n) is 24.0. The van der Waals surface area contributed by atoms with Crippen LogP contribution in [0.25, 0.3) is 0 Å². The molecule has 0 aliphatic heterocycles. The Morgan fingerprint density at radius 1 is 0.976 bits per heavy atom. The molecule has 3 aromatic rings. The molecule has 0 bridgehead atoms. The van der Waals surface area contributed by atoms with Crippen LogP contribution < -0.4 is 9.62 Å². The number of benzene rings is 3. The lowest BCUT2D eigenvalue weighted by atomic mass is 10.1. The van der Waals surface area contributed by atoms with Crippen LogP contribution in [0.4, 0.5) is 10.1 Å². The number of nitrogens with one attached hydrogen (secondary N) is 1. The Hall–Kier alpha value is -3.43. The SMILES string of the molecule is CC[C@@H](C(=O)NCC(C)C)N(Cc1ccc(F)cc1)C(=O)CN(c1ccc(C)c(Cl)c1)S(=O)(=O)c1ccc(C)cc1. The van der Waals surface area contributed by atoms with Gasteiger partial charge in [-0.05, 0) is 73.7 Å². The summed E-state index contributed by atoms with van der Waals surface area (Å²) in [5, 5.41) is 3.23. The fourth-order valence-corrected chi connectivity index (χ4v) is 5.81. The number of sulfonamides is 1. The van der Waals surface area contributed by atoms with Crippen molar-refractivity contribution in [2.45, 2.75) is 58.5 Å². The highest BCUT2D eigenvalue weighted by atomic mass is 35.5. The number of hydrogen-bond donors (Lipinski definition) is 1. The van der Waals surface area contributed by atoms with Crippen LogP contribution in [0.15, 0.2) is 71.6 Å². The molecule has 0 aromatic heterocycles. The lowest BCUT2D eigenvalue weighted by molar-refractivity contribution is -0.140. The first-order valence-electron chi connectivity index (χ1n) is 13.5. The van der Waals surface area contributed by atoms with E-state index in [1.54, 1.807) is 38.1 Å².